The van der Waals surface area contributed by atoms with Gasteiger partial charge in [-0.1, -0.05) is 30.3 Å². The normalized spacial score (nSPS) is 20.9. The van der Waals surface area contributed by atoms with Gasteiger partial charge >= 0.3 is 12.2 Å². The highest BCUT2D eigenvalue weighted by molar-refractivity contribution is 5.68. The average molecular weight is 389 g/mol. The van der Waals surface area contributed by atoms with Gasteiger partial charge in [0.1, 0.15) is 12.2 Å². The molecule has 0 unspecified atom stereocenters. The van der Waals surface area contributed by atoms with E-state index in [4.69, 9.17) is 9.47 Å². The molecular weight excluding hydrogens is 358 g/mol. The molecule has 7 nitrogen and oxygen atoms in total. The van der Waals surface area contributed by atoms with Gasteiger partial charge < -0.3 is 19.3 Å². The molecule has 2 aliphatic heterocycles. The van der Waals surface area contributed by atoms with Crippen LogP contribution in [0.15, 0.2) is 30.3 Å². The Kier molecular flexibility index (Phi) is 6.44. The summed E-state index contributed by atoms with van der Waals surface area (Å²) in [7, 11) is 0. The first kappa shape index (κ1) is 20.5. The predicted octanol–water partition coefficient (Wildman–Crippen LogP) is 2.95. The second kappa shape index (κ2) is 8.82. The summed E-state index contributed by atoms with van der Waals surface area (Å²) < 4.78 is 10.9. The van der Waals surface area contributed by atoms with Crippen LogP contribution in [0, 0.1) is 0 Å². The first-order chi connectivity index (χ1) is 13.3. The van der Waals surface area contributed by atoms with Crippen LogP contribution in [-0.4, -0.2) is 77.8 Å². The van der Waals surface area contributed by atoms with Gasteiger partial charge in [0, 0.05) is 45.3 Å². The van der Waals surface area contributed by atoms with Crippen molar-refractivity contribution in [1.82, 2.24) is 14.7 Å². The molecule has 2 fully saturated rings. The Balaban J connectivity index is 1.40. The van der Waals surface area contributed by atoms with Crippen LogP contribution >= 0.6 is 0 Å². The minimum Gasteiger partial charge on any atom is -0.445 e. The molecule has 1 aromatic carbocycles. The number of ether oxygens (including phenoxy) is 2. The van der Waals surface area contributed by atoms with Crippen molar-refractivity contribution < 1.29 is 19.1 Å². The lowest BCUT2D eigenvalue weighted by molar-refractivity contribution is 0.0267. The number of nitrogens with zero attached hydrogens (tertiary/aromatic N) is 3. The number of carbonyl (C=O) groups excluding carboxylic acids is 2. The lowest BCUT2D eigenvalue weighted by atomic mass is 10.2. The third kappa shape index (κ3) is 5.61. The highest BCUT2D eigenvalue weighted by Crippen LogP contribution is 2.20. The van der Waals surface area contributed by atoms with Crippen LogP contribution < -0.4 is 0 Å². The van der Waals surface area contributed by atoms with Crippen LogP contribution in [0.1, 0.15) is 32.8 Å². The van der Waals surface area contributed by atoms with Crippen molar-refractivity contribution in [3.63, 3.8) is 0 Å². The van der Waals surface area contributed by atoms with Crippen molar-refractivity contribution in [3.8, 4) is 0 Å². The van der Waals surface area contributed by atoms with E-state index in [1.807, 2.05) is 51.1 Å². The predicted molar refractivity (Wildman–Crippen MR) is 106 cm³/mol. The van der Waals surface area contributed by atoms with Crippen molar-refractivity contribution in [2.24, 2.45) is 0 Å². The van der Waals surface area contributed by atoms with Gasteiger partial charge in [0.25, 0.3) is 0 Å². The second-order valence-electron chi connectivity index (χ2n) is 8.43. The molecule has 0 aliphatic carbocycles. The Morgan fingerprint density at radius 1 is 0.964 bits per heavy atom. The number of hydrogen-bond acceptors (Lipinski definition) is 5. The maximum atomic E-state index is 12.3. The molecular formula is C21H31N3O4. The molecule has 0 saturated carbocycles. The zero-order valence-electron chi connectivity index (χ0n) is 17.1. The molecule has 0 radical (unpaired) electrons. The Morgan fingerprint density at radius 3 is 2.29 bits per heavy atom. The fourth-order valence-corrected chi connectivity index (χ4v) is 3.61. The van der Waals surface area contributed by atoms with Gasteiger partial charge in [0.2, 0.25) is 0 Å². The lowest BCUT2D eigenvalue weighted by Crippen LogP contribution is -2.52. The number of piperazine rings is 1. The Hall–Kier alpha value is -2.28. The van der Waals surface area contributed by atoms with Gasteiger partial charge in [-0.15, -0.1) is 0 Å². The fourth-order valence-electron chi connectivity index (χ4n) is 3.61. The smallest absolute Gasteiger partial charge is 0.410 e. The highest BCUT2D eigenvalue weighted by Gasteiger charge is 2.34. The third-order valence-corrected chi connectivity index (χ3v) is 5.11. The van der Waals surface area contributed by atoms with Crippen LogP contribution in [0.4, 0.5) is 9.59 Å². The van der Waals surface area contributed by atoms with Crippen LogP contribution in [0.3, 0.4) is 0 Å². The van der Waals surface area contributed by atoms with E-state index in [-0.39, 0.29) is 12.2 Å². The topological polar surface area (TPSA) is 62.3 Å². The quantitative estimate of drug-likeness (QED) is 0.795. The van der Waals surface area contributed by atoms with E-state index in [1.165, 1.54) is 0 Å². The fraction of sp³-hybridized carbons (Fsp3) is 0.619. The van der Waals surface area contributed by atoms with E-state index in [9.17, 15) is 9.59 Å². The molecule has 1 aromatic rings. The molecule has 2 saturated heterocycles. The van der Waals surface area contributed by atoms with Gasteiger partial charge in [0.15, 0.2) is 0 Å². The molecule has 0 N–H and O–H groups in total. The lowest BCUT2D eigenvalue weighted by Gasteiger charge is -2.37. The van der Waals surface area contributed by atoms with E-state index >= 15 is 0 Å². The first-order valence-electron chi connectivity index (χ1n) is 9.99. The van der Waals surface area contributed by atoms with Gasteiger partial charge in [-0.3, -0.25) is 4.90 Å². The average Bonchev–Trinajstić information content (AvgIpc) is 3.16. The molecule has 1 atom stereocenters. The number of benzene rings is 1. The second-order valence-corrected chi connectivity index (χ2v) is 8.43. The van der Waals surface area contributed by atoms with E-state index in [0.717, 1.165) is 31.6 Å². The zero-order chi connectivity index (χ0) is 20.1. The number of amides is 2. The molecule has 3 rings (SSSR count). The SMILES string of the molecule is CC(C)(C)OC(=O)N1CC[C@@H](N2CCN(C(=O)OCc3ccccc3)CC2)C1. The number of rotatable bonds is 3. The van der Waals surface area contributed by atoms with E-state index in [2.05, 4.69) is 4.90 Å². The summed E-state index contributed by atoms with van der Waals surface area (Å²) in [5, 5.41) is 0. The van der Waals surface area contributed by atoms with Gasteiger partial charge in [0.05, 0.1) is 0 Å². The summed E-state index contributed by atoms with van der Waals surface area (Å²) in [5.74, 6) is 0. The number of hydrogen-bond donors (Lipinski definition) is 0. The summed E-state index contributed by atoms with van der Waals surface area (Å²) in [6.45, 7) is 10.3. The summed E-state index contributed by atoms with van der Waals surface area (Å²) in [4.78, 5) is 30.4. The molecule has 2 heterocycles. The number of carbonyl (C=O) groups is 2. The maximum Gasteiger partial charge on any atom is 0.410 e. The standard InChI is InChI=1S/C21H31N3O4/c1-21(2,3)28-20(26)24-10-9-18(15-24)22-11-13-23(14-12-22)19(25)27-16-17-7-5-4-6-8-17/h4-8,18H,9-16H2,1-3H3/t18-/m1/s1. The van der Waals surface area contributed by atoms with Crippen molar-refractivity contribution in [3.05, 3.63) is 35.9 Å². The Bertz CT molecular complexity index is 666. The van der Waals surface area contributed by atoms with Crippen molar-refractivity contribution in [2.75, 3.05) is 39.3 Å². The van der Waals surface area contributed by atoms with Gasteiger partial charge in [-0.2, -0.15) is 0 Å². The summed E-state index contributed by atoms with van der Waals surface area (Å²) in [6.07, 6.45) is 0.445. The summed E-state index contributed by atoms with van der Waals surface area (Å²) >= 11 is 0. The Labute approximate surface area is 167 Å². The molecule has 154 valence electrons. The maximum absolute atomic E-state index is 12.3. The molecule has 7 heteroatoms. The van der Waals surface area contributed by atoms with E-state index in [0.29, 0.717) is 32.3 Å². The largest absolute Gasteiger partial charge is 0.445 e. The monoisotopic (exact) mass is 389 g/mol. The molecule has 0 spiro atoms. The highest BCUT2D eigenvalue weighted by atomic mass is 16.6. The molecule has 0 aromatic heterocycles. The molecule has 0 bridgehead atoms. The van der Waals surface area contributed by atoms with Crippen LogP contribution in [0.5, 0.6) is 0 Å². The molecule has 2 amide bonds. The van der Waals surface area contributed by atoms with Crippen LogP contribution in [0.25, 0.3) is 0 Å². The minimum atomic E-state index is -0.471. The first-order valence-corrected chi connectivity index (χ1v) is 9.99. The van der Waals surface area contributed by atoms with E-state index in [1.54, 1.807) is 9.80 Å². The molecule has 2 aliphatic rings. The number of likely N-dealkylation sites (tertiary alicyclic amines) is 1. The summed E-state index contributed by atoms with van der Waals surface area (Å²) in [5.41, 5.74) is 0.517. The van der Waals surface area contributed by atoms with Crippen molar-refractivity contribution in [1.29, 1.82) is 0 Å². The minimum absolute atomic E-state index is 0.238. The third-order valence-electron chi connectivity index (χ3n) is 5.11. The van der Waals surface area contributed by atoms with Gasteiger partial charge in [-0.25, -0.2) is 9.59 Å². The van der Waals surface area contributed by atoms with E-state index < -0.39 is 5.60 Å². The van der Waals surface area contributed by atoms with Crippen molar-refractivity contribution >= 4 is 12.2 Å². The van der Waals surface area contributed by atoms with Gasteiger partial charge in [-0.05, 0) is 32.8 Å². The van der Waals surface area contributed by atoms with Crippen molar-refractivity contribution in [2.45, 2.75) is 45.4 Å². The Morgan fingerprint density at radius 2 is 1.64 bits per heavy atom. The molecule has 28 heavy (non-hydrogen) atoms. The summed E-state index contributed by atoms with van der Waals surface area (Å²) in [6, 6.07) is 10.0. The van der Waals surface area contributed by atoms with Crippen LogP contribution in [0.2, 0.25) is 0 Å². The zero-order valence-corrected chi connectivity index (χ0v) is 17.1. The van der Waals surface area contributed by atoms with Crippen LogP contribution in [-0.2, 0) is 16.1 Å².